The predicted octanol–water partition coefficient (Wildman–Crippen LogP) is 3.06. The Labute approximate surface area is 105 Å². The van der Waals surface area contributed by atoms with Crippen LogP contribution in [0, 0.1) is 0 Å². The molecule has 1 aliphatic heterocycles. The Kier molecular flexibility index (Phi) is 3.05. The second kappa shape index (κ2) is 4.69. The molecule has 4 heteroatoms. The molecule has 3 nitrogen and oxygen atoms in total. The average molecular weight is 252 g/mol. The molecular formula is C13H14ClNO2. The van der Waals surface area contributed by atoms with Gasteiger partial charge in [0.15, 0.2) is 6.29 Å². The van der Waals surface area contributed by atoms with E-state index in [0.717, 1.165) is 18.0 Å². The van der Waals surface area contributed by atoms with Crippen LogP contribution < -0.4 is 0 Å². The van der Waals surface area contributed by atoms with Gasteiger partial charge in [0.2, 0.25) is 0 Å². The van der Waals surface area contributed by atoms with Crippen LogP contribution in [-0.2, 0) is 16.0 Å². The number of fused-ring (bicyclic) bond motifs is 1. The van der Waals surface area contributed by atoms with Gasteiger partial charge >= 0.3 is 0 Å². The van der Waals surface area contributed by atoms with Crippen molar-refractivity contribution < 1.29 is 9.47 Å². The van der Waals surface area contributed by atoms with Crippen LogP contribution in [0.4, 0.5) is 0 Å². The molecule has 0 amide bonds. The third-order valence-corrected chi connectivity index (χ3v) is 3.26. The Morgan fingerprint density at radius 3 is 2.88 bits per heavy atom. The lowest BCUT2D eigenvalue weighted by Gasteiger charge is -2.10. The number of halogens is 1. The lowest BCUT2D eigenvalue weighted by Crippen LogP contribution is -2.11. The first-order valence-electron chi connectivity index (χ1n) is 5.80. The molecule has 2 aromatic rings. The molecule has 0 spiro atoms. The molecule has 0 atom stereocenters. The molecule has 1 fully saturated rings. The summed E-state index contributed by atoms with van der Waals surface area (Å²) in [7, 11) is 0. The predicted molar refractivity (Wildman–Crippen MR) is 67.3 cm³/mol. The van der Waals surface area contributed by atoms with Crippen molar-refractivity contribution in [1.29, 1.82) is 0 Å². The van der Waals surface area contributed by atoms with Crippen LogP contribution in [0.5, 0.6) is 0 Å². The van der Waals surface area contributed by atoms with E-state index in [1.54, 1.807) is 0 Å². The van der Waals surface area contributed by atoms with E-state index in [1.165, 1.54) is 10.9 Å². The minimum absolute atomic E-state index is 0.0419. The first kappa shape index (κ1) is 11.1. The van der Waals surface area contributed by atoms with E-state index in [1.807, 2.05) is 18.2 Å². The van der Waals surface area contributed by atoms with Gasteiger partial charge < -0.3 is 14.0 Å². The number of ether oxygens (including phenoxy) is 2. The van der Waals surface area contributed by atoms with Crippen LogP contribution in [0.1, 0.15) is 6.42 Å². The summed E-state index contributed by atoms with van der Waals surface area (Å²) in [5, 5.41) is 1.95. The van der Waals surface area contributed by atoms with Gasteiger partial charge in [0.25, 0.3) is 0 Å². The Balaban J connectivity index is 1.76. The monoisotopic (exact) mass is 251 g/mol. The highest BCUT2D eigenvalue weighted by molar-refractivity contribution is 6.31. The number of benzene rings is 1. The van der Waals surface area contributed by atoms with Gasteiger partial charge in [0.05, 0.1) is 13.2 Å². The summed E-state index contributed by atoms with van der Waals surface area (Å²) in [6, 6.07) is 8.03. The summed E-state index contributed by atoms with van der Waals surface area (Å²) in [5.41, 5.74) is 1.20. The van der Waals surface area contributed by atoms with Crippen LogP contribution >= 0.6 is 11.6 Å². The maximum atomic E-state index is 5.96. The Morgan fingerprint density at radius 1 is 1.24 bits per heavy atom. The molecule has 0 bridgehead atoms. The highest BCUT2D eigenvalue weighted by Gasteiger charge is 2.15. The zero-order valence-electron chi connectivity index (χ0n) is 9.43. The fraction of sp³-hybridized carbons (Fsp3) is 0.385. The highest BCUT2D eigenvalue weighted by Crippen LogP contribution is 2.21. The molecule has 0 unspecified atom stereocenters. The zero-order valence-corrected chi connectivity index (χ0v) is 10.2. The van der Waals surface area contributed by atoms with E-state index in [9.17, 15) is 0 Å². The molecule has 0 aliphatic carbocycles. The molecule has 1 aromatic heterocycles. The Hall–Kier alpha value is -1.03. The number of nitrogens with zero attached hydrogens (tertiary/aromatic N) is 1. The van der Waals surface area contributed by atoms with E-state index < -0.39 is 0 Å². The van der Waals surface area contributed by atoms with Crippen LogP contribution in [0.2, 0.25) is 5.02 Å². The van der Waals surface area contributed by atoms with Crippen LogP contribution in [0.25, 0.3) is 10.9 Å². The first-order chi connectivity index (χ1) is 8.33. The lowest BCUT2D eigenvalue weighted by atomic mass is 10.2. The fourth-order valence-electron chi connectivity index (χ4n) is 2.18. The summed E-state index contributed by atoms with van der Waals surface area (Å²) in [6.07, 6.45) is 2.92. The number of hydrogen-bond donors (Lipinski definition) is 0. The van der Waals surface area contributed by atoms with Crippen LogP contribution in [0.15, 0.2) is 30.5 Å². The highest BCUT2D eigenvalue weighted by atomic mass is 35.5. The van der Waals surface area contributed by atoms with Gasteiger partial charge in [-0.15, -0.1) is 0 Å². The van der Waals surface area contributed by atoms with Crippen molar-refractivity contribution in [2.45, 2.75) is 19.3 Å². The second-order valence-electron chi connectivity index (χ2n) is 4.17. The van der Waals surface area contributed by atoms with Crippen LogP contribution in [-0.4, -0.2) is 24.1 Å². The molecule has 90 valence electrons. The summed E-state index contributed by atoms with van der Waals surface area (Å²) in [5.74, 6) is 0. The number of rotatable bonds is 3. The average Bonchev–Trinajstić information content (AvgIpc) is 2.94. The van der Waals surface area contributed by atoms with Gasteiger partial charge in [-0.2, -0.15) is 0 Å². The third-order valence-electron chi connectivity index (χ3n) is 3.03. The molecule has 1 aliphatic rings. The molecule has 17 heavy (non-hydrogen) atoms. The summed E-state index contributed by atoms with van der Waals surface area (Å²) < 4.78 is 13.1. The topological polar surface area (TPSA) is 23.4 Å². The number of aromatic nitrogens is 1. The van der Waals surface area contributed by atoms with E-state index >= 15 is 0 Å². The molecule has 0 saturated carbocycles. The lowest BCUT2D eigenvalue weighted by molar-refractivity contribution is -0.0488. The Bertz CT molecular complexity index is 517. The van der Waals surface area contributed by atoms with Crippen molar-refractivity contribution in [1.82, 2.24) is 4.57 Å². The maximum absolute atomic E-state index is 5.96. The van der Waals surface area contributed by atoms with Gasteiger partial charge in [0.1, 0.15) is 0 Å². The fourth-order valence-corrected chi connectivity index (χ4v) is 2.36. The smallest absolute Gasteiger partial charge is 0.159 e. The van der Waals surface area contributed by atoms with Crippen molar-refractivity contribution in [3.8, 4) is 0 Å². The van der Waals surface area contributed by atoms with E-state index in [0.29, 0.717) is 13.2 Å². The van der Waals surface area contributed by atoms with Gasteiger partial charge in [-0.3, -0.25) is 0 Å². The van der Waals surface area contributed by atoms with Gasteiger partial charge in [0, 0.05) is 35.1 Å². The molecule has 1 saturated heterocycles. The van der Waals surface area contributed by atoms with Gasteiger partial charge in [-0.05, 0) is 24.3 Å². The van der Waals surface area contributed by atoms with Crippen molar-refractivity contribution in [3.63, 3.8) is 0 Å². The van der Waals surface area contributed by atoms with E-state index in [2.05, 4.69) is 16.8 Å². The molecule has 2 heterocycles. The van der Waals surface area contributed by atoms with E-state index in [-0.39, 0.29) is 6.29 Å². The second-order valence-corrected chi connectivity index (χ2v) is 4.61. The standard InChI is InChI=1S/C13H14ClNO2/c14-11-1-2-12-10(9-11)3-5-15(12)6-4-13-16-7-8-17-13/h1-3,5,9,13H,4,6-8H2. The molecule has 0 N–H and O–H groups in total. The van der Waals surface area contributed by atoms with Crippen molar-refractivity contribution in [3.05, 3.63) is 35.5 Å². The molecule has 0 radical (unpaired) electrons. The minimum atomic E-state index is -0.0419. The van der Waals surface area contributed by atoms with Crippen molar-refractivity contribution in [2.24, 2.45) is 0 Å². The normalized spacial score (nSPS) is 17.0. The first-order valence-corrected chi connectivity index (χ1v) is 6.18. The number of hydrogen-bond acceptors (Lipinski definition) is 2. The van der Waals surface area contributed by atoms with Gasteiger partial charge in [-0.1, -0.05) is 11.6 Å². The Morgan fingerprint density at radius 2 is 2.06 bits per heavy atom. The summed E-state index contributed by atoms with van der Waals surface area (Å²) >= 11 is 5.96. The summed E-state index contributed by atoms with van der Waals surface area (Å²) in [6.45, 7) is 2.33. The molecule has 1 aromatic carbocycles. The summed E-state index contributed by atoms with van der Waals surface area (Å²) in [4.78, 5) is 0. The minimum Gasteiger partial charge on any atom is -0.350 e. The largest absolute Gasteiger partial charge is 0.350 e. The van der Waals surface area contributed by atoms with Crippen molar-refractivity contribution in [2.75, 3.05) is 13.2 Å². The SMILES string of the molecule is Clc1ccc2c(ccn2CCC2OCCO2)c1. The molecule has 3 rings (SSSR count). The van der Waals surface area contributed by atoms with E-state index in [4.69, 9.17) is 21.1 Å². The zero-order chi connectivity index (χ0) is 11.7. The van der Waals surface area contributed by atoms with Crippen LogP contribution in [0.3, 0.4) is 0 Å². The van der Waals surface area contributed by atoms with Gasteiger partial charge in [-0.25, -0.2) is 0 Å². The van der Waals surface area contributed by atoms with Crippen molar-refractivity contribution >= 4 is 22.5 Å². The number of aryl methyl sites for hydroxylation is 1. The quantitative estimate of drug-likeness (QED) is 0.837. The third kappa shape index (κ3) is 2.32. The molecular weight excluding hydrogens is 238 g/mol. The maximum Gasteiger partial charge on any atom is 0.159 e.